The molecule has 0 fully saturated rings. The zero-order chi connectivity index (χ0) is 18.6. The minimum Gasteiger partial charge on any atom is -0.369 e. The molecule has 132 valence electrons. The highest BCUT2D eigenvalue weighted by molar-refractivity contribution is 5.54. The SMILES string of the molecule is N#Cc1ccc(C(F)(F)F)nc1NCCc1nc(-c2ccccc2)n[nH]1. The number of benzene rings is 1. The van der Waals surface area contributed by atoms with Crippen LogP contribution < -0.4 is 5.32 Å². The van der Waals surface area contributed by atoms with Crippen LogP contribution in [0.25, 0.3) is 11.4 Å². The van der Waals surface area contributed by atoms with E-state index in [9.17, 15) is 13.2 Å². The van der Waals surface area contributed by atoms with E-state index in [1.165, 1.54) is 0 Å². The van der Waals surface area contributed by atoms with Crippen molar-refractivity contribution in [1.82, 2.24) is 20.2 Å². The van der Waals surface area contributed by atoms with Crippen LogP contribution in [0.1, 0.15) is 17.1 Å². The van der Waals surface area contributed by atoms with Crippen molar-refractivity contribution in [2.24, 2.45) is 0 Å². The molecule has 26 heavy (non-hydrogen) atoms. The summed E-state index contributed by atoms with van der Waals surface area (Å²) in [5, 5.41) is 18.7. The molecule has 0 unspecified atom stereocenters. The Balaban J connectivity index is 1.67. The molecule has 1 aromatic carbocycles. The Labute approximate surface area is 146 Å². The quantitative estimate of drug-likeness (QED) is 0.729. The van der Waals surface area contributed by atoms with Crippen LogP contribution in [0.5, 0.6) is 0 Å². The summed E-state index contributed by atoms with van der Waals surface area (Å²) < 4.78 is 38.3. The fourth-order valence-electron chi connectivity index (χ4n) is 2.26. The monoisotopic (exact) mass is 358 g/mol. The Morgan fingerprint density at radius 3 is 2.54 bits per heavy atom. The number of nitrogens with one attached hydrogen (secondary N) is 2. The molecule has 0 aliphatic heterocycles. The molecule has 3 aromatic rings. The molecule has 0 amide bonds. The van der Waals surface area contributed by atoms with Crippen molar-refractivity contribution < 1.29 is 13.2 Å². The maximum absolute atomic E-state index is 12.8. The van der Waals surface area contributed by atoms with E-state index in [1.54, 1.807) is 0 Å². The van der Waals surface area contributed by atoms with E-state index in [-0.39, 0.29) is 17.9 Å². The van der Waals surface area contributed by atoms with Gasteiger partial charge in [0, 0.05) is 18.5 Å². The zero-order valence-corrected chi connectivity index (χ0v) is 13.4. The maximum atomic E-state index is 12.8. The third-order valence-corrected chi connectivity index (χ3v) is 3.52. The lowest BCUT2D eigenvalue weighted by Gasteiger charge is -2.10. The summed E-state index contributed by atoms with van der Waals surface area (Å²) in [6.07, 6.45) is -4.19. The first-order chi connectivity index (χ1) is 12.5. The number of H-pyrrole nitrogens is 1. The molecule has 0 aliphatic carbocycles. The van der Waals surface area contributed by atoms with E-state index in [2.05, 4.69) is 25.5 Å². The van der Waals surface area contributed by atoms with Gasteiger partial charge in [-0.15, -0.1) is 0 Å². The van der Waals surface area contributed by atoms with Crippen molar-refractivity contribution in [2.75, 3.05) is 11.9 Å². The van der Waals surface area contributed by atoms with E-state index in [1.807, 2.05) is 36.4 Å². The molecule has 0 aliphatic rings. The molecule has 3 rings (SSSR count). The number of halogens is 3. The smallest absolute Gasteiger partial charge is 0.369 e. The number of anilines is 1. The first-order valence-corrected chi connectivity index (χ1v) is 7.66. The summed E-state index contributed by atoms with van der Waals surface area (Å²) in [5.74, 6) is 1.00. The van der Waals surface area contributed by atoms with Gasteiger partial charge in [0.2, 0.25) is 0 Å². The van der Waals surface area contributed by atoms with E-state index in [4.69, 9.17) is 5.26 Å². The van der Waals surface area contributed by atoms with Crippen molar-refractivity contribution >= 4 is 5.82 Å². The van der Waals surface area contributed by atoms with Crippen LogP contribution in [-0.2, 0) is 12.6 Å². The van der Waals surface area contributed by atoms with Crippen LogP contribution in [0.15, 0.2) is 42.5 Å². The normalized spacial score (nSPS) is 11.2. The van der Waals surface area contributed by atoms with Crippen LogP contribution in [0.4, 0.5) is 19.0 Å². The predicted octanol–water partition coefficient (Wildman–Crippen LogP) is 3.41. The first kappa shape index (κ1) is 17.4. The van der Waals surface area contributed by atoms with Gasteiger partial charge in [-0.1, -0.05) is 30.3 Å². The minimum atomic E-state index is -4.57. The van der Waals surface area contributed by atoms with E-state index in [0.717, 1.165) is 17.7 Å². The molecule has 0 bridgehead atoms. The van der Waals surface area contributed by atoms with Gasteiger partial charge >= 0.3 is 6.18 Å². The van der Waals surface area contributed by atoms with Crippen LogP contribution >= 0.6 is 0 Å². The topological polar surface area (TPSA) is 90.3 Å². The van der Waals surface area contributed by atoms with Crippen molar-refractivity contribution in [3.63, 3.8) is 0 Å². The van der Waals surface area contributed by atoms with Gasteiger partial charge in [0.25, 0.3) is 0 Å². The summed E-state index contributed by atoms with van der Waals surface area (Å²) in [6.45, 7) is 0.242. The van der Waals surface area contributed by atoms with Gasteiger partial charge in [-0.2, -0.15) is 23.5 Å². The highest BCUT2D eigenvalue weighted by Crippen LogP contribution is 2.29. The molecule has 9 heteroatoms. The number of aromatic nitrogens is 4. The first-order valence-electron chi connectivity index (χ1n) is 7.66. The van der Waals surface area contributed by atoms with Crippen molar-refractivity contribution in [1.29, 1.82) is 5.26 Å². The Hall–Kier alpha value is -3.41. The predicted molar refractivity (Wildman–Crippen MR) is 88.0 cm³/mol. The second kappa shape index (κ2) is 7.23. The van der Waals surface area contributed by atoms with Gasteiger partial charge in [0.15, 0.2) is 5.82 Å². The van der Waals surface area contributed by atoms with E-state index in [0.29, 0.717) is 18.1 Å². The Morgan fingerprint density at radius 2 is 1.85 bits per heavy atom. The molecule has 0 atom stereocenters. The summed E-state index contributed by atoms with van der Waals surface area (Å²) in [7, 11) is 0. The molecule has 0 saturated heterocycles. The maximum Gasteiger partial charge on any atom is 0.433 e. The molecule has 0 spiro atoms. The summed E-state index contributed by atoms with van der Waals surface area (Å²) in [4.78, 5) is 7.83. The fourth-order valence-corrected chi connectivity index (χ4v) is 2.26. The largest absolute Gasteiger partial charge is 0.433 e. The lowest BCUT2D eigenvalue weighted by atomic mass is 10.2. The number of nitrogens with zero attached hydrogens (tertiary/aromatic N) is 4. The summed E-state index contributed by atoms with van der Waals surface area (Å²) >= 11 is 0. The lowest BCUT2D eigenvalue weighted by molar-refractivity contribution is -0.141. The standard InChI is InChI=1S/C17H13F3N6/c18-17(19,20)13-7-6-12(10-21)15(23-13)22-9-8-14-24-16(26-25-14)11-4-2-1-3-5-11/h1-7H,8-9H2,(H,22,23)(H,24,25,26). The Bertz CT molecular complexity index is 928. The van der Waals surface area contributed by atoms with Gasteiger partial charge in [0.05, 0.1) is 5.56 Å². The van der Waals surface area contributed by atoms with Crippen LogP contribution in [0, 0.1) is 11.3 Å². The average Bonchev–Trinajstić information content (AvgIpc) is 3.10. The zero-order valence-electron chi connectivity index (χ0n) is 13.4. The number of alkyl halides is 3. The van der Waals surface area contributed by atoms with Gasteiger partial charge in [0.1, 0.15) is 23.4 Å². The van der Waals surface area contributed by atoms with E-state index < -0.39 is 11.9 Å². The van der Waals surface area contributed by atoms with Crippen molar-refractivity contribution in [3.05, 3.63) is 59.5 Å². The number of hydrogen-bond donors (Lipinski definition) is 2. The van der Waals surface area contributed by atoms with Gasteiger partial charge in [-0.05, 0) is 12.1 Å². The number of rotatable bonds is 5. The number of aromatic amines is 1. The molecule has 6 nitrogen and oxygen atoms in total. The lowest BCUT2D eigenvalue weighted by Crippen LogP contribution is -2.13. The molecule has 2 N–H and O–H groups in total. The van der Waals surface area contributed by atoms with Gasteiger partial charge < -0.3 is 5.32 Å². The minimum absolute atomic E-state index is 0.0422. The Kier molecular flexibility index (Phi) is 4.84. The molecule has 0 saturated carbocycles. The molecule has 2 aromatic heterocycles. The molecule has 2 heterocycles. The number of hydrogen-bond acceptors (Lipinski definition) is 5. The molecular weight excluding hydrogens is 345 g/mol. The third kappa shape index (κ3) is 3.97. The van der Waals surface area contributed by atoms with Crippen molar-refractivity contribution in [2.45, 2.75) is 12.6 Å². The van der Waals surface area contributed by atoms with Crippen LogP contribution in [0.3, 0.4) is 0 Å². The second-order valence-electron chi connectivity index (χ2n) is 5.35. The highest BCUT2D eigenvalue weighted by Gasteiger charge is 2.33. The number of nitriles is 1. The molecule has 0 radical (unpaired) electrons. The summed E-state index contributed by atoms with van der Waals surface area (Å²) in [5.41, 5.74) is -0.153. The van der Waals surface area contributed by atoms with Crippen LogP contribution in [-0.4, -0.2) is 26.7 Å². The van der Waals surface area contributed by atoms with Gasteiger partial charge in [-0.3, -0.25) is 5.10 Å². The van der Waals surface area contributed by atoms with Crippen LogP contribution in [0.2, 0.25) is 0 Å². The van der Waals surface area contributed by atoms with Crippen molar-refractivity contribution in [3.8, 4) is 17.5 Å². The average molecular weight is 358 g/mol. The Morgan fingerprint density at radius 1 is 1.08 bits per heavy atom. The summed E-state index contributed by atoms with van der Waals surface area (Å²) in [6, 6.07) is 13.1. The van der Waals surface area contributed by atoms with E-state index >= 15 is 0 Å². The third-order valence-electron chi connectivity index (χ3n) is 3.52. The fraction of sp³-hybridized carbons (Fsp3) is 0.176. The highest BCUT2D eigenvalue weighted by atomic mass is 19.4. The number of pyridine rings is 1. The second-order valence-corrected chi connectivity index (χ2v) is 5.35. The molecular formula is C17H13F3N6. The van der Waals surface area contributed by atoms with Gasteiger partial charge in [-0.25, -0.2) is 9.97 Å².